The fraction of sp³-hybridized carbons (Fsp3) is 0.688. The summed E-state index contributed by atoms with van der Waals surface area (Å²) in [5.74, 6) is 2.94. The molecule has 19 heavy (non-hydrogen) atoms. The quantitative estimate of drug-likeness (QED) is 0.891. The van der Waals surface area contributed by atoms with E-state index in [4.69, 9.17) is 0 Å². The monoisotopic (exact) mass is 322 g/mol. The van der Waals surface area contributed by atoms with E-state index >= 15 is 0 Å². The Morgan fingerprint density at radius 2 is 2.05 bits per heavy atom. The van der Waals surface area contributed by atoms with Crippen LogP contribution in [0.2, 0.25) is 0 Å². The summed E-state index contributed by atoms with van der Waals surface area (Å²) in [6, 6.07) is 2.86. The Labute approximate surface area is 124 Å². The maximum Gasteiger partial charge on any atom is 0.0410 e. The molecule has 0 radical (unpaired) electrons. The van der Waals surface area contributed by atoms with Crippen LogP contribution >= 0.6 is 15.9 Å². The Balaban J connectivity index is 1.68. The van der Waals surface area contributed by atoms with Crippen molar-refractivity contribution in [2.75, 3.05) is 6.54 Å². The zero-order valence-electron chi connectivity index (χ0n) is 11.6. The molecule has 2 aliphatic rings. The Kier molecular flexibility index (Phi) is 4.23. The predicted molar refractivity (Wildman–Crippen MR) is 82.0 cm³/mol. The molecule has 0 saturated heterocycles. The summed E-state index contributed by atoms with van der Waals surface area (Å²) in [5.41, 5.74) is 1.35. The summed E-state index contributed by atoms with van der Waals surface area (Å²) in [7, 11) is 0. The number of aromatic nitrogens is 1. The van der Waals surface area contributed by atoms with Gasteiger partial charge in [0.15, 0.2) is 0 Å². The van der Waals surface area contributed by atoms with Crippen LogP contribution in [0.1, 0.15) is 38.2 Å². The molecule has 1 aromatic heterocycles. The first-order chi connectivity index (χ1) is 9.29. The molecule has 104 valence electrons. The van der Waals surface area contributed by atoms with Gasteiger partial charge in [-0.2, -0.15) is 0 Å². The predicted octanol–water partition coefficient (Wildman–Crippen LogP) is 3.80. The fourth-order valence-corrected chi connectivity index (χ4v) is 4.48. The highest BCUT2D eigenvalue weighted by Gasteiger charge is 2.53. The van der Waals surface area contributed by atoms with E-state index < -0.39 is 0 Å². The molecule has 3 atom stereocenters. The topological polar surface area (TPSA) is 24.9 Å². The average Bonchev–Trinajstić information content (AvgIpc) is 3.12. The molecule has 0 bridgehead atoms. The van der Waals surface area contributed by atoms with Crippen LogP contribution in [-0.2, 0) is 6.42 Å². The standard InChI is InChI=1S/C16H23BrN2/c1-2-19-15(8-11-7-12(17)10-18-9-11)16-13-5-3-4-6-14(13)16/h7,9-10,13-16,19H,2-6,8H2,1H3. The number of rotatable bonds is 5. The normalized spacial score (nSPS) is 30.7. The number of hydrogen-bond donors (Lipinski definition) is 1. The van der Waals surface area contributed by atoms with E-state index in [-0.39, 0.29) is 0 Å². The lowest BCUT2D eigenvalue weighted by atomic mass is 10.0. The lowest BCUT2D eigenvalue weighted by Gasteiger charge is -2.18. The van der Waals surface area contributed by atoms with Crippen LogP contribution in [-0.4, -0.2) is 17.6 Å². The average molecular weight is 323 g/mol. The number of hydrogen-bond acceptors (Lipinski definition) is 2. The first kappa shape index (κ1) is 13.6. The Hall–Kier alpha value is -0.410. The number of nitrogens with one attached hydrogen (secondary N) is 1. The van der Waals surface area contributed by atoms with Gasteiger partial charge in [-0.3, -0.25) is 4.98 Å². The van der Waals surface area contributed by atoms with Crippen LogP contribution in [0.25, 0.3) is 0 Å². The highest BCUT2D eigenvalue weighted by atomic mass is 79.9. The van der Waals surface area contributed by atoms with E-state index in [0.717, 1.165) is 35.2 Å². The second kappa shape index (κ2) is 5.92. The molecule has 1 heterocycles. The molecule has 2 aliphatic carbocycles. The molecule has 3 unspecified atom stereocenters. The molecular weight excluding hydrogens is 300 g/mol. The van der Waals surface area contributed by atoms with Gasteiger partial charge in [0.05, 0.1) is 0 Å². The molecule has 0 aliphatic heterocycles. The molecule has 2 fully saturated rings. The van der Waals surface area contributed by atoms with E-state index in [9.17, 15) is 0 Å². The van der Waals surface area contributed by atoms with Gasteiger partial charge in [-0.15, -0.1) is 0 Å². The van der Waals surface area contributed by atoms with Gasteiger partial charge >= 0.3 is 0 Å². The van der Waals surface area contributed by atoms with Gasteiger partial charge < -0.3 is 5.32 Å². The van der Waals surface area contributed by atoms with Crippen LogP contribution < -0.4 is 5.32 Å². The smallest absolute Gasteiger partial charge is 0.0410 e. The molecular formula is C16H23BrN2. The molecule has 0 amide bonds. The van der Waals surface area contributed by atoms with Crippen molar-refractivity contribution in [3.63, 3.8) is 0 Å². The Morgan fingerprint density at radius 3 is 2.68 bits per heavy atom. The van der Waals surface area contributed by atoms with Gasteiger partial charge in [0.25, 0.3) is 0 Å². The molecule has 3 heteroatoms. The summed E-state index contributed by atoms with van der Waals surface area (Å²) < 4.78 is 1.09. The largest absolute Gasteiger partial charge is 0.314 e. The van der Waals surface area contributed by atoms with E-state index in [2.05, 4.69) is 39.2 Å². The summed E-state index contributed by atoms with van der Waals surface area (Å²) in [6.07, 6.45) is 10.8. The third-order valence-electron chi connectivity index (χ3n) is 4.87. The van der Waals surface area contributed by atoms with E-state index in [0.29, 0.717) is 6.04 Å². The first-order valence-electron chi connectivity index (χ1n) is 7.62. The van der Waals surface area contributed by atoms with Crippen molar-refractivity contribution in [2.45, 2.75) is 45.1 Å². The van der Waals surface area contributed by atoms with Crippen molar-refractivity contribution >= 4 is 15.9 Å². The minimum atomic E-state index is 0.647. The van der Waals surface area contributed by atoms with Gasteiger partial charge in [-0.25, -0.2) is 0 Å². The third-order valence-corrected chi connectivity index (χ3v) is 5.30. The molecule has 2 saturated carbocycles. The van der Waals surface area contributed by atoms with Crippen molar-refractivity contribution in [3.05, 3.63) is 28.5 Å². The van der Waals surface area contributed by atoms with Gasteiger partial charge in [-0.05, 0) is 71.1 Å². The maximum absolute atomic E-state index is 4.29. The van der Waals surface area contributed by atoms with E-state index in [1.807, 2.05) is 12.4 Å². The van der Waals surface area contributed by atoms with Crippen molar-refractivity contribution in [1.29, 1.82) is 0 Å². The molecule has 1 N–H and O–H groups in total. The summed E-state index contributed by atoms with van der Waals surface area (Å²) >= 11 is 3.52. The Bertz CT molecular complexity index is 423. The van der Waals surface area contributed by atoms with Crippen LogP contribution in [0.3, 0.4) is 0 Å². The second-order valence-electron chi connectivity index (χ2n) is 6.07. The van der Waals surface area contributed by atoms with Crippen molar-refractivity contribution in [3.8, 4) is 0 Å². The molecule has 1 aromatic rings. The van der Waals surface area contributed by atoms with Gasteiger partial charge in [0.1, 0.15) is 0 Å². The SMILES string of the molecule is CCNC(Cc1cncc(Br)c1)C1C2CCCCC21. The van der Waals surface area contributed by atoms with Crippen LogP contribution in [0.15, 0.2) is 22.9 Å². The zero-order valence-corrected chi connectivity index (χ0v) is 13.2. The second-order valence-corrected chi connectivity index (χ2v) is 6.98. The Morgan fingerprint density at radius 1 is 1.32 bits per heavy atom. The minimum Gasteiger partial charge on any atom is -0.314 e. The van der Waals surface area contributed by atoms with Crippen molar-refractivity contribution < 1.29 is 0 Å². The minimum absolute atomic E-state index is 0.647. The van der Waals surface area contributed by atoms with Gasteiger partial charge in [0.2, 0.25) is 0 Å². The summed E-state index contributed by atoms with van der Waals surface area (Å²) in [6.45, 7) is 3.29. The first-order valence-corrected chi connectivity index (χ1v) is 8.41. The number of halogens is 1. The number of likely N-dealkylation sites (N-methyl/N-ethyl adjacent to an activating group) is 1. The lowest BCUT2D eigenvalue weighted by Crippen LogP contribution is -2.34. The third kappa shape index (κ3) is 3.03. The van der Waals surface area contributed by atoms with E-state index in [1.54, 1.807) is 0 Å². The molecule has 0 spiro atoms. The summed E-state index contributed by atoms with van der Waals surface area (Å²) in [4.78, 5) is 4.29. The highest BCUT2D eigenvalue weighted by Crippen LogP contribution is 2.57. The lowest BCUT2D eigenvalue weighted by molar-refractivity contribution is 0.437. The van der Waals surface area contributed by atoms with Crippen molar-refractivity contribution in [2.24, 2.45) is 17.8 Å². The maximum atomic E-state index is 4.29. The zero-order chi connectivity index (χ0) is 13.2. The van der Waals surface area contributed by atoms with Gasteiger partial charge in [0, 0.05) is 22.9 Å². The van der Waals surface area contributed by atoms with Crippen LogP contribution in [0.5, 0.6) is 0 Å². The number of fused-ring (bicyclic) bond motifs is 1. The summed E-state index contributed by atoms with van der Waals surface area (Å²) in [5, 5.41) is 3.73. The highest BCUT2D eigenvalue weighted by molar-refractivity contribution is 9.10. The fourth-order valence-electron chi connectivity index (χ4n) is 4.07. The number of pyridine rings is 1. The van der Waals surface area contributed by atoms with Crippen molar-refractivity contribution in [1.82, 2.24) is 10.3 Å². The van der Waals surface area contributed by atoms with E-state index in [1.165, 1.54) is 31.2 Å². The molecule has 2 nitrogen and oxygen atoms in total. The molecule has 0 aromatic carbocycles. The van der Waals surface area contributed by atoms with Gasteiger partial charge in [-0.1, -0.05) is 19.8 Å². The van der Waals surface area contributed by atoms with Crippen LogP contribution in [0, 0.1) is 17.8 Å². The number of nitrogens with zero attached hydrogens (tertiary/aromatic N) is 1. The molecule has 3 rings (SSSR count). The van der Waals surface area contributed by atoms with Crippen LogP contribution in [0.4, 0.5) is 0 Å².